The molecule has 0 bridgehead atoms. The second kappa shape index (κ2) is 7.79. The minimum absolute atomic E-state index is 0.00589. The number of hydrogen-bond donors (Lipinski definition) is 1. The maximum atomic E-state index is 12.1. The summed E-state index contributed by atoms with van der Waals surface area (Å²) in [5.74, 6) is -0.00589. The van der Waals surface area contributed by atoms with E-state index in [-0.39, 0.29) is 5.91 Å². The third-order valence-electron chi connectivity index (χ3n) is 3.56. The van der Waals surface area contributed by atoms with Crippen molar-refractivity contribution in [3.8, 4) is 0 Å². The van der Waals surface area contributed by atoms with E-state index in [2.05, 4.69) is 4.90 Å². The van der Waals surface area contributed by atoms with E-state index in [4.69, 9.17) is 0 Å². The number of aliphatic hydroxyl groups excluding tert-OH is 1. The molecule has 0 aliphatic heterocycles. The van der Waals surface area contributed by atoms with E-state index in [0.717, 1.165) is 11.3 Å². The summed E-state index contributed by atoms with van der Waals surface area (Å²) >= 11 is 0. The highest BCUT2D eigenvalue weighted by atomic mass is 16.3. The van der Waals surface area contributed by atoms with Crippen molar-refractivity contribution >= 4 is 11.6 Å². The van der Waals surface area contributed by atoms with E-state index in [1.807, 2.05) is 54.6 Å². The first-order chi connectivity index (χ1) is 11.0. The Hall–Kier alpha value is -2.33. The van der Waals surface area contributed by atoms with E-state index in [1.165, 1.54) is 0 Å². The summed E-state index contributed by atoms with van der Waals surface area (Å²) in [6.07, 6.45) is -0.429. The predicted octanol–water partition coefficient (Wildman–Crippen LogP) is 2.78. The minimum atomic E-state index is -0.429. The largest absolute Gasteiger partial charge is 0.392 e. The van der Waals surface area contributed by atoms with Gasteiger partial charge in [0.1, 0.15) is 0 Å². The molecule has 4 heteroatoms. The molecule has 0 saturated carbocycles. The molecule has 1 amide bonds. The van der Waals surface area contributed by atoms with Crippen LogP contribution >= 0.6 is 0 Å². The molecule has 0 spiro atoms. The number of carbonyl (C=O) groups is 1. The molecule has 122 valence electrons. The van der Waals surface area contributed by atoms with Crippen LogP contribution < -0.4 is 4.90 Å². The molecule has 0 radical (unpaired) electrons. The molecule has 0 fully saturated rings. The number of carbonyl (C=O) groups excluding carboxylic acids is 1. The Morgan fingerprint density at radius 1 is 1.09 bits per heavy atom. The highest BCUT2D eigenvalue weighted by molar-refractivity contribution is 5.94. The molecule has 1 atom stereocenters. The monoisotopic (exact) mass is 312 g/mol. The number of benzene rings is 2. The number of rotatable bonds is 6. The Morgan fingerprint density at radius 2 is 1.78 bits per heavy atom. The number of anilines is 1. The average Bonchev–Trinajstić information content (AvgIpc) is 2.54. The van der Waals surface area contributed by atoms with Crippen LogP contribution in [0, 0.1) is 0 Å². The number of amides is 1. The van der Waals surface area contributed by atoms with Crippen LogP contribution in [0.1, 0.15) is 22.8 Å². The van der Waals surface area contributed by atoms with Gasteiger partial charge in [0.15, 0.2) is 0 Å². The van der Waals surface area contributed by atoms with E-state index < -0.39 is 6.10 Å². The second-order valence-electron chi connectivity index (χ2n) is 5.97. The van der Waals surface area contributed by atoms with E-state index in [0.29, 0.717) is 18.7 Å². The minimum Gasteiger partial charge on any atom is -0.392 e. The van der Waals surface area contributed by atoms with Gasteiger partial charge in [-0.1, -0.05) is 30.3 Å². The van der Waals surface area contributed by atoms with Gasteiger partial charge in [-0.05, 0) is 36.8 Å². The van der Waals surface area contributed by atoms with Crippen LogP contribution in [0.4, 0.5) is 5.69 Å². The quantitative estimate of drug-likeness (QED) is 0.892. The summed E-state index contributed by atoms with van der Waals surface area (Å²) in [5, 5.41) is 9.78. The van der Waals surface area contributed by atoms with Gasteiger partial charge in [0.25, 0.3) is 5.91 Å². The molecular weight excluding hydrogens is 288 g/mol. The molecule has 0 aromatic heterocycles. The highest BCUT2D eigenvalue weighted by Gasteiger charge is 2.12. The zero-order valence-electron chi connectivity index (χ0n) is 13.9. The van der Waals surface area contributed by atoms with E-state index in [1.54, 1.807) is 25.9 Å². The molecule has 2 aromatic rings. The van der Waals surface area contributed by atoms with Gasteiger partial charge in [-0.3, -0.25) is 4.79 Å². The molecule has 0 unspecified atom stereocenters. The lowest BCUT2D eigenvalue weighted by Gasteiger charge is -2.26. The lowest BCUT2D eigenvalue weighted by atomic mass is 10.1. The van der Waals surface area contributed by atoms with Gasteiger partial charge in [0.2, 0.25) is 0 Å². The fraction of sp³-hybridized carbons (Fsp3) is 0.316. The van der Waals surface area contributed by atoms with Gasteiger partial charge in [-0.25, -0.2) is 0 Å². The molecule has 0 saturated heterocycles. The first-order valence-electron chi connectivity index (χ1n) is 7.76. The normalized spacial score (nSPS) is 11.8. The molecule has 2 aromatic carbocycles. The van der Waals surface area contributed by atoms with Crippen molar-refractivity contribution in [1.82, 2.24) is 4.90 Å². The van der Waals surface area contributed by atoms with Crippen molar-refractivity contribution in [1.29, 1.82) is 0 Å². The maximum Gasteiger partial charge on any atom is 0.253 e. The summed E-state index contributed by atoms with van der Waals surface area (Å²) in [6, 6.07) is 17.6. The van der Waals surface area contributed by atoms with Crippen LogP contribution in [-0.2, 0) is 6.54 Å². The summed E-state index contributed by atoms with van der Waals surface area (Å²) in [5.41, 5.74) is 2.78. The van der Waals surface area contributed by atoms with Crippen molar-refractivity contribution in [3.63, 3.8) is 0 Å². The summed E-state index contributed by atoms with van der Waals surface area (Å²) in [6.45, 7) is 2.96. The van der Waals surface area contributed by atoms with E-state index >= 15 is 0 Å². The van der Waals surface area contributed by atoms with Crippen molar-refractivity contribution in [2.45, 2.75) is 19.6 Å². The lowest BCUT2D eigenvalue weighted by molar-refractivity contribution is 0.0827. The van der Waals surface area contributed by atoms with Gasteiger partial charge in [0.05, 0.1) is 6.10 Å². The predicted molar refractivity (Wildman–Crippen MR) is 93.6 cm³/mol. The Labute approximate surface area is 138 Å². The zero-order valence-corrected chi connectivity index (χ0v) is 13.9. The fourth-order valence-electron chi connectivity index (χ4n) is 2.50. The maximum absolute atomic E-state index is 12.1. The number of nitrogens with zero attached hydrogens (tertiary/aromatic N) is 2. The van der Waals surface area contributed by atoms with Gasteiger partial charge in [-0.2, -0.15) is 0 Å². The Balaban J connectivity index is 2.23. The molecule has 23 heavy (non-hydrogen) atoms. The van der Waals surface area contributed by atoms with Crippen molar-refractivity contribution < 1.29 is 9.90 Å². The van der Waals surface area contributed by atoms with Gasteiger partial charge < -0.3 is 14.9 Å². The Kier molecular flexibility index (Phi) is 5.77. The van der Waals surface area contributed by atoms with E-state index in [9.17, 15) is 9.90 Å². The molecule has 0 aliphatic rings. The Bertz CT molecular complexity index is 639. The zero-order chi connectivity index (χ0) is 16.8. The SMILES string of the molecule is C[C@H](O)CN(Cc1cccc(C(=O)N(C)C)c1)c1ccccc1. The third-order valence-corrected chi connectivity index (χ3v) is 3.56. The number of para-hydroxylation sites is 1. The second-order valence-corrected chi connectivity index (χ2v) is 5.97. The Morgan fingerprint density at radius 3 is 2.39 bits per heavy atom. The third kappa shape index (κ3) is 4.83. The lowest BCUT2D eigenvalue weighted by Crippen LogP contribution is -2.30. The summed E-state index contributed by atoms with van der Waals surface area (Å²) in [4.78, 5) is 15.8. The van der Waals surface area contributed by atoms with Crippen molar-refractivity contribution in [2.75, 3.05) is 25.5 Å². The topological polar surface area (TPSA) is 43.8 Å². The summed E-state index contributed by atoms with van der Waals surface area (Å²) in [7, 11) is 3.50. The van der Waals surface area contributed by atoms with Gasteiger partial charge >= 0.3 is 0 Å². The van der Waals surface area contributed by atoms with Crippen LogP contribution in [0.15, 0.2) is 54.6 Å². The van der Waals surface area contributed by atoms with Gasteiger partial charge in [-0.15, -0.1) is 0 Å². The first kappa shape index (κ1) is 17.0. The van der Waals surface area contributed by atoms with Crippen molar-refractivity contribution in [2.24, 2.45) is 0 Å². The van der Waals surface area contributed by atoms with Crippen LogP contribution in [0.3, 0.4) is 0 Å². The van der Waals surface area contributed by atoms with Crippen LogP contribution in [-0.4, -0.2) is 42.7 Å². The molecule has 0 aliphatic carbocycles. The molecule has 2 rings (SSSR count). The molecule has 4 nitrogen and oxygen atoms in total. The summed E-state index contributed by atoms with van der Waals surface area (Å²) < 4.78 is 0. The van der Waals surface area contributed by atoms with Gasteiger partial charge in [0, 0.05) is 38.4 Å². The molecule has 0 heterocycles. The standard InChI is InChI=1S/C19H24N2O2/c1-15(22)13-21(18-10-5-4-6-11-18)14-16-8-7-9-17(12-16)19(23)20(2)3/h4-12,15,22H,13-14H2,1-3H3/t15-/m0/s1. The number of hydrogen-bond acceptors (Lipinski definition) is 3. The van der Waals surface area contributed by atoms with Crippen LogP contribution in [0.2, 0.25) is 0 Å². The fourth-order valence-corrected chi connectivity index (χ4v) is 2.50. The average molecular weight is 312 g/mol. The highest BCUT2D eigenvalue weighted by Crippen LogP contribution is 2.18. The first-order valence-corrected chi connectivity index (χ1v) is 7.76. The smallest absolute Gasteiger partial charge is 0.253 e. The number of aliphatic hydroxyl groups is 1. The van der Waals surface area contributed by atoms with Crippen LogP contribution in [0.25, 0.3) is 0 Å². The molecule has 1 N–H and O–H groups in total. The van der Waals surface area contributed by atoms with Crippen LogP contribution in [0.5, 0.6) is 0 Å². The van der Waals surface area contributed by atoms with Crippen molar-refractivity contribution in [3.05, 3.63) is 65.7 Å². The molecular formula is C19H24N2O2.